The van der Waals surface area contributed by atoms with E-state index >= 15 is 0 Å². The molecule has 0 bridgehead atoms. The Balaban J connectivity index is 2.82. The molecule has 1 rings (SSSR count). The molecule has 0 aliphatic carbocycles. The fourth-order valence-corrected chi connectivity index (χ4v) is 1.85. The Morgan fingerprint density at radius 1 is 1.05 bits per heavy atom. The van der Waals surface area contributed by atoms with E-state index < -0.39 is 17.9 Å². The van der Waals surface area contributed by atoms with Crippen LogP contribution in [0, 0.1) is 5.92 Å². The lowest BCUT2D eigenvalue weighted by Gasteiger charge is -2.12. The van der Waals surface area contributed by atoms with E-state index in [1.165, 1.54) is 12.2 Å². The first-order valence-corrected chi connectivity index (χ1v) is 7.19. The predicted molar refractivity (Wildman–Crippen MR) is 81.3 cm³/mol. The first-order valence-electron chi connectivity index (χ1n) is 7.19. The normalized spacial score (nSPS) is 11.9. The zero-order valence-electron chi connectivity index (χ0n) is 12.8. The van der Waals surface area contributed by atoms with Crippen LogP contribution in [0.4, 0.5) is 0 Å². The number of carbonyl (C=O) groups is 3. The molecule has 0 saturated carbocycles. The molecule has 0 amide bonds. The molecule has 1 aromatic rings. The number of rotatable bonds is 8. The third kappa shape index (κ3) is 5.52. The van der Waals surface area contributed by atoms with E-state index in [1.807, 2.05) is 0 Å². The summed E-state index contributed by atoms with van der Waals surface area (Å²) in [6, 6.07) is 8.53. The Morgan fingerprint density at radius 2 is 1.68 bits per heavy atom. The number of hydrogen-bond donors (Lipinski definition) is 0. The van der Waals surface area contributed by atoms with E-state index in [0.717, 1.165) is 0 Å². The number of esters is 2. The van der Waals surface area contributed by atoms with Crippen molar-refractivity contribution in [1.29, 1.82) is 0 Å². The fourth-order valence-electron chi connectivity index (χ4n) is 1.85. The zero-order chi connectivity index (χ0) is 16.4. The Bertz CT molecular complexity index is 533. The van der Waals surface area contributed by atoms with Crippen LogP contribution in [0.3, 0.4) is 0 Å². The highest BCUT2D eigenvalue weighted by Gasteiger charge is 2.27. The monoisotopic (exact) mass is 304 g/mol. The second-order valence-corrected chi connectivity index (χ2v) is 4.43. The maximum atomic E-state index is 12.4. The van der Waals surface area contributed by atoms with Crippen LogP contribution in [-0.2, 0) is 19.1 Å². The number of allylic oxidation sites excluding steroid dienone is 1. The highest BCUT2D eigenvalue weighted by Crippen LogP contribution is 2.15. The molecule has 118 valence electrons. The van der Waals surface area contributed by atoms with E-state index in [9.17, 15) is 14.4 Å². The van der Waals surface area contributed by atoms with Gasteiger partial charge in [0.1, 0.15) is 5.92 Å². The van der Waals surface area contributed by atoms with Crippen molar-refractivity contribution in [3.8, 4) is 0 Å². The second kappa shape index (κ2) is 9.50. The van der Waals surface area contributed by atoms with Crippen molar-refractivity contribution in [3.05, 3.63) is 48.0 Å². The fraction of sp³-hybridized carbons (Fsp3) is 0.353. The Hall–Kier alpha value is -2.43. The standard InChI is InChI=1S/C17H20O5/c1-3-21-15(18)12-8-11-14(17(20)22-4-2)16(19)13-9-6-5-7-10-13/h5-10,12,14H,3-4,11H2,1-2H3/b12-8+. The largest absolute Gasteiger partial charge is 0.465 e. The van der Waals surface area contributed by atoms with Crippen molar-refractivity contribution in [2.24, 2.45) is 5.92 Å². The molecule has 0 fully saturated rings. The van der Waals surface area contributed by atoms with Gasteiger partial charge in [0, 0.05) is 11.6 Å². The van der Waals surface area contributed by atoms with Crippen molar-refractivity contribution in [2.75, 3.05) is 13.2 Å². The van der Waals surface area contributed by atoms with Gasteiger partial charge in [-0.15, -0.1) is 0 Å². The van der Waals surface area contributed by atoms with E-state index in [1.54, 1.807) is 44.2 Å². The first kappa shape index (κ1) is 17.6. The number of carbonyl (C=O) groups excluding carboxylic acids is 3. The van der Waals surface area contributed by atoms with Crippen LogP contribution < -0.4 is 0 Å². The lowest BCUT2D eigenvalue weighted by atomic mass is 9.94. The molecule has 0 aromatic heterocycles. The van der Waals surface area contributed by atoms with Gasteiger partial charge in [-0.2, -0.15) is 0 Å². The quantitative estimate of drug-likeness (QED) is 0.319. The molecule has 22 heavy (non-hydrogen) atoms. The van der Waals surface area contributed by atoms with E-state index in [2.05, 4.69) is 0 Å². The van der Waals surface area contributed by atoms with Crippen LogP contribution in [0.2, 0.25) is 0 Å². The first-order chi connectivity index (χ1) is 10.6. The molecule has 0 spiro atoms. The van der Waals surface area contributed by atoms with Crippen LogP contribution in [0.1, 0.15) is 30.6 Å². The van der Waals surface area contributed by atoms with Gasteiger partial charge in [-0.1, -0.05) is 36.4 Å². The Kier molecular flexibility index (Phi) is 7.61. The van der Waals surface area contributed by atoms with Gasteiger partial charge < -0.3 is 9.47 Å². The summed E-state index contributed by atoms with van der Waals surface area (Å²) in [6.07, 6.45) is 2.76. The summed E-state index contributed by atoms with van der Waals surface area (Å²) in [5.41, 5.74) is 0.435. The highest BCUT2D eigenvalue weighted by molar-refractivity contribution is 6.08. The summed E-state index contributed by atoms with van der Waals surface area (Å²) in [6.45, 7) is 3.84. The lowest BCUT2D eigenvalue weighted by molar-refractivity contribution is -0.146. The van der Waals surface area contributed by atoms with Crippen molar-refractivity contribution in [2.45, 2.75) is 20.3 Å². The van der Waals surface area contributed by atoms with E-state index in [-0.39, 0.29) is 25.4 Å². The predicted octanol–water partition coefficient (Wildman–Crippen LogP) is 2.56. The Labute approximate surface area is 129 Å². The molecular formula is C17H20O5. The minimum atomic E-state index is -0.965. The maximum Gasteiger partial charge on any atom is 0.330 e. The number of hydrogen-bond acceptors (Lipinski definition) is 5. The molecule has 0 radical (unpaired) electrons. The van der Waals surface area contributed by atoms with Crippen molar-refractivity contribution in [1.82, 2.24) is 0 Å². The van der Waals surface area contributed by atoms with Crippen LogP contribution >= 0.6 is 0 Å². The van der Waals surface area contributed by atoms with Gasteiger partial charge in [0.2, 0.25) is 0 Å². The van der Waals surface area contributed by atoms with Crippen LogP contribution in [0.25, 0.3) is 0 Å². The van der Waals surface area contributed by atoms with E-state index in [0.29, 0.717) is 5.56 Å². The SMILES string of the molecule is CCOC(=O)/C=C/CC(C(=O)OCC)C(=O)c1ccccc1. The van der Waals surface area contributed by atoms with E-state index in [4.69, 9.17) is 9.47 Å². The average Bonchev–Trinajstić information content (AvgIpc) is 2.52. The summed E-state index contributed by atoms with van der Waals surface area (Å²) in [5, 5.41) is 0. The average molecular weight is 304 g/mol. The molecule has 0 aliphatic heterocycles. The summed E-state index contributed by atoms with van der Waals surface area (Å²) < 4.78 is 9.69. The molecular weight excluding hydrogens is 284 g/mol. The third-order valence-electron chi connectivity index (χ3n) is 2.86. The molecule has 0 saturated heterocycles. The molecule has 1 aromatic carbocycles. The topological polar surface area (TPSA) is 69.7 Å². The maximum absolute atomic E-state index is 12.4. The van der Waals surface area contributed by atoms with Gasteiger partial charge in [0.15, 0.2) is 5.78 Å². The number of Topliss-reactive ketones (excluding diaryl/α,β-unsaturated/α-hetero) is 1. The third-order valence-corrected chi connectivity index (χ3v) is 2.86. The number of benzene rings is 1. The molecule has 1 atom stereocenters. The summed E-state index contributed by atoms with van der Waals surface area (Å²) >= 11 is 0. The molecule has 0 aliphatic rings. The smallest absolute Gasteiger partial charge is 0.330 e. The summed E-state index contributed by atoms with van der Waals surface area (Å²) in [5.74, 6) is -2.39. The number of ketones is 1. The molecule has 1 unspecified atom stereocenters. The zero-order valence-corrected chi connectivity index (χ0v) is 12.8. The minimum Gasteiger partial charge on any atom is -0.465 e. The van der Waals surface area contributed by atoms with Gasteiger partial charge >= 0.3 is 11.9 Å². The van der Waals surface area contributed by atoms with Gasteiger partial charge in [0.25, 0.3) is 0 Å². The highest BCUT2D eigenvalue weighted by atomic mass is 16.5. The molecule has 5 nitrogen and oxygen atoms in total. The van der Waals surface area contributed by atoms with Gasteiger partial charge in [0.05, 0.1) is 13.2 Å². The summed E-state index contributed by atoms with van der Waals surface area (Å²) in [4.78, 5) is 35.6. The van der Waals surface area contributed by atoms with Crippen molar-refractivity contribution < 1.29 is 23.9 Å². The minimum absolute atomic E-state index is 0.0887. The van der Waals surface area contributed by atoms with Crippen molar-refractivity contribution in [3.63, 3.8) is 0 Å². The lowest BCUT2D eigenvalue weighted by Crippen LogP contribution is -2.26. The van der Waals surface area contributed by atoms with Crippen LogP contribution in [0.15, 0.2) is 42.5 Å². The van der Waals surface area contributed by atoms with Crippen LogP contribution in [0.5, 0.6) is 0 Å². The molecule has 0 heterocycles. The Morgan fingerprint density at radius 3 is 2.27 bits per heavy atom. The van der Waals surface area contributed by atoms with Crippen LogP contribution in [-0.4, -0.2) is 30.9 Å². The number of ether oxygens (including phenoxy) is 2. The summed E-state index contributed by atoms with van der Waals surface area (Å²) in [7, 11) is 0. The molecule has 0 N–H and O–H groups in total. The molecule has 5 heteroatoms. The second-order valence-electron chi connectivity index (χ2n) is 4.43. The van der Waals surface area contributed by atoms with Crippen molar-refractivity contribution >= 4 is 17.7 Å². The van der Waals surface area contributed by atoms with Gasteiger partial charge in [-0.3, -0.25) is 9.59 Å². The van der Waals surface area contributed by atoms with Gasteiger partial charge in [-0.25, -0.2) is 4.79 Å². The van der Waals surface area contributed by atoms with Gasteiger partial charge in [-0.05, 0) is 20.3 Å².